The Bertz CT molecular complexity index is 522. The van der Waals surface area contributed by atoms with E-state index in [-0.39, 0.29) is 0 Å². The van der Waals surface area contributed by atoms with Crippen molar-refractivity contribution in [1.29, 1.82) is 0 Å². The molecule has 0 saturated carbocycles. The highest BCUT2D eigenvalue weighted by molar-refractivity contribution is 5.91. The third kappa shape index (κ3) is 15.3. The van der Waals surface area contributed by atoms with Crippen molar-refractivity contribution in [3.63, 3.8) is 0 Å². The molecule has 4 nitrogen and oxygen atoms in total. The zero-order chi connectivity index (χ0) is 21.0. The number of carboxylic acid groups (broad SMARTS) is 2. The molecule has 4 heteroatoms. The number of allylic oxidation sites excluding steroid dienone is 1. The monoisotopic (exact) mass is 392 g/mol. The van der Waals surface area contributed by atoms with E-state index in [0.717, 1.165) is 38.5 Å². The summed E-state index contributed by atoms with van der Waals surface area (Å²) in [5.74, 6) is 2.58. The number of hydrogen-bond donors (Lipinski definition) is 2. The van der Waals surface area contributed by atoms with Crippen molar-refractivity contribution in [2.75, 3.05) is 0 Å². The molecule has 0 bridgehead atoms. The van der Waals surface area contributed by atoms with Crippen LogP contribution in [-0.4, -0.2) is 22.2 Å². The van der Waals surface area contributed by atoms with Gasteiger partial charge in [-0.25, -0.2) is 9.59 Å². The van der Waals surface area contributed by atoms with Gasteiger partial charge in [0.05, 0.1) is 0 Å². The molecule has 2 N–H and O–H groups in total. The first kappa shape index (κ1) is 26.2. The van der Waals surface area contributed by atoms with Gasteiger partial charge < -0.3 is 10.2 Å². The van der Waals surface area contributed by atoms with Gasteiger partial charge in [0.1, 0.15) is 0 Å². The van der Waals surface area contributed by atoms with Gasteiger partial charge in [-0.2, -0.15) is 0 Å². The van der Waals surface area contributed by atoms with E-state index in [4.69, 9.17) is 5.11 Å². The molecule has 0 spiro atoms. The predicted octanol–water partition coefficient (Wildman–Crippen LogP) is 6.74. The Kier molecular flexibility index (Phi) is 17.4. The Morgan fingerprint density at radius 2 is 1.04 bits per heavy atom. The number of hydrogen-bond acceptors (Lipinski definition) is 2. The van der Waals surface area contributed by atoms with Gasteiger partial charge in [0, 0.05) is 17.1 Å². The largest absolute Gasteiger partial charge is 0.478 e. The van der Waals surface area contributed by atoms with E-state index in [1.807, 2.05) is 0 Å². The summed E-state index contributed by atoms with van der Waals surface area (Å²) in [7, 11) is 0. The molecule has 0 aromatic heterocycles. The molecule has 0 heterocycles. The third-order valence-corrected chi connectivity index (χ3v) is 5.00. The summed E-state index contributed by atoms with van der Waals surface area (Å²) >= 11 is 0. The molecular formula is C24H40O4. The van der Waals surface area contributed by atoms with Crippen LogP contribution in [0.4, 0.5) is 0 Å². The van der Waals surface area contributed by atoms with E-state index in [0.29, 0.717) is 24.0 Å². The summed E-state index contributed by atoms with van der Waals surface area (Å²) in [5, 5.41) is 18.5. The average Bonchev–Trinajstić information content (AvgIpc) is 2.66. The van der Waals surface area contributed by atoms with E-state index in [2.05, 4.69) is 25.7 Å². The van der Waals surface area contributed by atoms with E-state index in [1.165, 1.54) is 51.4 Å². The van der Waals surface area contributed by atoms with Crippen LogP contribution in [0.3, 0.4) is 0 Å². The average molecular weight is 393 g/mol. The maximum Gasteiger partial charge on any atom is 0.382 e. The number of unbranched alkanes of at least 4 members (excludes halogenated alkanes) is 12. The Balaban J connectivity index is 4.66. The fourth-order valence-electron chi connectivity index (χ4n) is 3.32. The van der Waals surface area contributed by atoms with Gasteiger partial charge in [0.15, 0.2) is 0 Å². The van der Waals surface area contributed by atoms with Crippen molar-refractivity contribution < 1.29 is 19.8 Å². The lowest BCUT2D eigenvalue weighted by Crippen LogP contribution is -2.05. The van der Waals surface area contributed by atoms with Crippen LogP contribution in [0.5, 0.6) is 0 Å². The van der Waals surface area contributed by atoms with Crippen LogP contribution in [0.25, 0.3) is 0 Å². The van der Waals surface area contributed by atoms with Gasteiger partial charge in [-0.15, -0.1) is 0 Å². The Hall–Kier alpha value is -1.76. The lowest BCUT2D eigenvalue weighted by molar-refractivity contribution is -0.133. The fraction of sp³-hybridized carbons (Fsp3) is 0.750. The Morgan fingerprint density at radius 1 is 0.607 bits per heavy atom. The van der Waals surface area contributed by atoms with E-state index in [1.54, 1.807) is 0 Å². The van der Waals surface area contributed by atoms with Gasteiger partial charge >= 0.3 is 11.9 Å². The first-order chi connectivity index (χ1) is 13.5. The van der Waals surface area contributed by atoms with Gasteiger partial charge in [-0.1, -0.05) is 96.8 Å². The minimum atomic E-state index is -1.21. The topological polar surface area (TPSA) is 74.6 Å². The first-order valence-electron chi connectivity index (χ1n) is 11.2. The summed E-state index contributed by atoms with van der Waals surface area (Å²) in [5.41, 5.74) is 0.822. The molecule has 0 aliphatic heterocycles. The molecule has 160 valence electrons. The molecule has 0 aromatic carbocycles. The van der Waals surface area contributed by atoms with E-state index < -0.39 is 11.9 Å². The van der Waals surface area contributed by atoms with Crippen LogP contribution in [-0.2, 0) is 9.59 Å². The van der Waals surface area contributed by atoms with Crippen LogP contribution in [0.15, 0.2) is 11.1 Å². The van der Waals surface area contributed by atoms with Crippen molar-refractivity contribution in [2.45, 2.75) is 117 Å². The maximum atomic E-state index is 11.7. The SMILES string of the molecule is CCCCCCCCCC(C#CC(=O)O)=C(CCCCCCCCC)C(=O)O. The van der Waals surface area contributed by atoms with Crippen molar-refractivity contribution in [1.82, 2.24) is 0 Å². The van der Waals surface area contributed by atoms with Crippen LogP contribution in [0, 0.1) is 11.8 Å². The van der Waals surface area contributed by atoms with Crippen molar-refractivity contribution in [3.8, 4) is 11.8 Å². The minimum Gasteiger partial charge on any atom is -0.478 e. The fourth-order valence-corrected chi connectivity index (χ4v) is 3.32. The summed E-state index contributed by atoms with van der Waals surface area (Å²) in [4.78, 5) is 22.5. The van der Waals surface area contributed by atoms with Crippen LogP contribution < -0.4 is 0 Å². The highest BCUT2D eigenvalue weighted by Crippen LogP contribution is 2.20. The quantitative estimate of drug-likeness (QED) is 0.163. The molecular weight excluding hydrogens is 352 g/mol. The molecule has 0 atom stereocenters. The van der Waals surface area contributed by atoms with Crippen LogP contribution in [0.2, 0.25) is 0 Å². The molecule has 0 radical (unpaired) electrons. The van der Waals surface area contributed by atoms with Gasteiger partial charge in [-0.05, 0) is 25.7 Å². The van der Waals surface area contributed by atoms with Gasteiger partial charge in [-0.3, -0.25) is 0 Å². The highest BCUT2D eigenvalue weighted by atomic mass is 16.4. The molecule has 0 amide bonds. The predicted molar refractivity (Wildman–Crippen MR) is 115 cm³/mol. The lowest BCUT2D eigenvalue weighted by Gasteiger charge is -2.08. The normalized spacial score (nSPS) is 11.5. The molecule has 0 aliphatic rings. The lowest BCUT2D eigenvalue weighted by atomic mass is 9.96. The second-order valence-corrected chi connectivity index (χ2v) is 7.56. The Labute approximate surface area is 171 Å². The second-order valence-electron chi connectivity index (χ2n) is 7.56. The summed E-state index contributed by atoms with van der Waals surface area (Å²) in [6, 6.07) is 0. The number of aliphatic carboxylic acids is 2. The molecule has 0 aliphatic carbocycles. The van der Waals surface area contributed by atoms with Crippen molar-refractivity contribution >= 4 is 11.9 Å². The third-order valence-electron chi connectivity index (χ3n) is 5.00. The van der Waals surface area contributed by atoms with E-state index in [9.17, 15) is 14.7 Å². The molecule has 0 saturated heterocycles. The maximum absolute atomic E-state index is 11.7. The summed E-state index contributed by atoms with van der Waals surface area (Å²) in [6.07, 6.45) is 16.9. The highest BCUT2D eigenvalue weighted by Gasteiger charge is 2.13. The molecule has 0 fully saturated rings. The zero-order valence-corrected chi connectivity index (χ0v) is 18.0. The summed E-state index contributed by atoms with van der Waals surface area (Å²) in [6.45, 7) is 4.38. The standard InChI is InChI=1S/C24H40O4/c1-3-5-7-9-11-13-15-17-21(19-20-23(25)26)22(24(27)28)18-16-14-12-10-8-6-4-2/h3-18H2,1-2H3,(H,25,26)(H,27,28). The van der Waals surface area contributed by atoms with Crippen LogP contribution >= 0.6 is 0 Å². The first-order valence-corrected chi connectivity index (χ1v) is 11.2. The van der Waals surface area contributed by atoms with Gasteiger partial charge in [0.25, 0.3) is 0 Å². The van der Waals surface area contributed by atoms with E-state index >= 15 is 0 Å². The Morgan fingerprint density at radius 3 is 1.46 bits per heavy atom. The van der Waals surface area contributed by atoms with Crippen LogP contribution in [0.1, 0.15) is 117 Å². The molecule has 0 rings (SSSR count). The second kappa shape index (κ2) is 18.6. The van der Waals surface area contributed by atoms with Gasteiger partial charge in [0.2, 0.25) is 0 Å². The number of carboxylic acids is 2. The molecule has 0 aromatic rings. The van der Waals surface area contributed by atoms with Crippen molar-refractivity contribution in [3.05, 3.63) is 11.1 Å². The van der Waals surface area contributed by atoms with Crippen molar-refractivity contribution in [2.24, 2.45) is 0 Å². The molecule has 28 heavy (non-hydrogen) atoms. The number of rotatable bonds is 17. The summed E-state index contributed by atoms with van der Waals surface area (Å²) < 4.78 is 0. The number of carbonyl (C=O) groups is 2. The molecule has 0 unspecified atom stereocenters. The minimum absolute atomic E-state index is 0.313. The zero-order valence-electron chi connectivity index (χ0n) is 18.0. The smallest absolute Gasteiger partial charge is 0.382 e.